The summed E-state index contributed by atoms with van der Waals surface area (Å²) in [6, 6.07) is 9.94. The van der Waals surface area contributed by atoms with E-state index in [0.29, 0.717) is 11.1 Å². The molecule has 138 valence electrons. The number of carbonyl (C=O) groups is 2. The molecule has 2 aromatic carbocycles. The van der Waals surface area contributed by atoms with Crippen LogP contribution in [-0.2, 0) is 20.3 Å². The first kappa shape index (κ1) is 19.8. The van der Waals surface area contributed by atoms with E-state index in [1.54, 1.807) is 18.2 Å². The standard InChI is InChI=1S/C20H22O5S/c1-13-8-15(3)18(9-14(13)2)19(21)11-25-20(22)17-7-5-6-16(10-17)12-26(4,23)24/h5-10H,11-12H2,1-4H3. The normalized spacial score (nSPS) is 11.2. The zero-order valence-electron chi connectivity index (χ0n) is 15.3. The molecule has 6 heteroatoms. The number of ketones is 1. The van der Waals surface area contributed by atoms with Gasteiger partial charge in [0, 0.05) is 11.8 Å². The molecule has 2 aromatic rings. The van der Waals surface area contributed by atoms with E-state index in [-0.39, 0.29) is 23.7 Å². The number of esters is 1. The van der Waals surface area contributed by atoms with E-state index in [9.17, 15) is 18.0 Å². The number of hydrogen-bond acceptors (Lipinski definition) is 5. The van der Waals surface area contributed by atoms with Crippen LogP contribution in [0.1, 0.15) is 43.0 Å². The molecular formula is C20H22O5S. The number of ether oxygens (including phenoxy) is 1. The summed E-state index contributed by atoms with van der Waals surface area (Å²) in [7, 11) is -3.20. The second-order valence-electron chi connectivity index (χ2n) is 6.52. The number of hydrogen-bond donors (Lipinski definition) is 0. The van der Waals surface area contributed by atoms with Crippen molar-refractivity contribution in [3.63, 3.8) is 0 Å². The number of rotatable bonds is 6. The molecule has 0 N–H and O–H groups in total. The molecule has 0 aromatic heterocycles. The molecule has 0 bridgehead atoms. The molecule has 5 nitrogen and oxygen atoms in total. The molecule has 0 fully saturated rings. The first-order valence-corrected chi connectivity index (χ1v) is 10.2. The molecule has 0 aliphatic rings. The summed E-state index contributed by atoms with van der Waals surface area (Å²) in [4.78, 5) is 24.5. The second-order valence-corrected chi connectivity index (χ2v) is 8.66. The fourth-order valence-corrected chi connectivity index (χ4v) is 3.43. The average Bonchev–Trinajstić information content (AvgIpc) is 2.54. The van der Waals surface area contributed by atoms with Gasteiger partial charge < -0.3 is 4.74 Å². The van der Waals surface area contributed by atoms with Crippen LogP contribution in [0.5, 0.6) is 0 Å². The molecule has 0 spiro atoms. The minimum atomic E-state index is -3.20. The van der Waals surface area contributed by atoms with E-state index in [1.807, 2.05) is 26.8 Å². The van der Waals surface area contributed by atoms with Gasteiger partial charge in [0.05, 0.1) is 11.3 Å². The van der Waals surface area contributed by atoms with E-state index in [1.165, 1.54) is 12.1 Å². The van der Waals surface area contributed by atoms with Gasteiger partial charge in [-0.25, -0.2) is 13.2 Å². The third-order valence-electron chi connectivity index (χ3n) is 4.07. The smallest absolute Gasteiger partial charge is 0.338 e. The molecule has 0 saturated heterocycles. The van der Waals surface area contributed by atoms with Crippen molar-refractivity contribution in [1.82, 2.24) is 0 Å². The summed E-state index contributed by atoms with van der Waals surface area (Å²) in [5.41, 5.74) is 4.18. The largest absolute Gasteiger partial charge is 0.454 e. The van der Waals surface area contributed by atoms with Gasteiger partial charge in [0.1, 0.15) is 0 Å². The van der Waals surface area contributed by atoms with Crippen molar-refractivity contribution >= 4 is 21.6 Å². The first-order chi connectivity index (χ1) is 12.1. The van der Waals surface area contributed by atoms with Crippen molar-refractivity contribution in [1.29, 1.82) is 0 Å². The fourth-order valence-electron chi connectivity index (χ4n) is 2.64. The maximum atomic E-state index is 12.4. The lowest BCUT2D eigenvalue weighted by molar-refractivity contribution is 0.0474. The lowest BCUT2D eigenvalue weighted by Crippen LogP contribution is -2.16. The first-order valence-electron chi connectivity index (χ1n) is 8.11. The molecule has 26 heavy (non-hydrogen) atoms. The highest BCUT2D eigenvalue weighted by molar-refractivity contribution is 7.89. The molecule has 2 rings (SSSR count). The quantitative estimate of drug-likeness (QED) is 0.573. The Kier molecular flexibility index (Phi) is 5.97. The molecule has 0 heterocycles. The van der Waals surface area contributed by atoms with Gasteiger partial charge in [0.15, 0.2) is 16.4 Å². The number of carbonyl (C=O) groups excluding carboxylic acids is 2. The van der Waals surface area contributed by atoms with E-state index in [4.69, 9.17) is 4.74 Å². The third kappa shape index (κ3) is 5.26. The van der Waals surface area contributed by atoms with Crippen molar-refractivity contribution in [3.05, 3.63) is 69.8 Å². The Labute approximate surface area is 153 Å². The average molecular weight is 374 g/mol. The summed E-state index contributed by atoms with van der Waals surface area (Å²) in [6.45, 7) is 5.37. The SMILES string of the molecule is Cc1cc(C)c(C(=O)COC(=O)c2cccc(CS(C)(=O)=O)c2)cc1C. The van der Waals surface area contributed by atoms with Crippen LogP contribution in [-0.4, -0.2) is 33.0 Å². The summed E-state index contributed by atoms with van der Waals surface area (Å²) < 4.78 is 27.9. The van der Waals surface area contributed by atoms with Crippen LogP contribution in [0.3, 0.4) is 0 Å². The molecular weight excluding hydrogens is 352 g/mol. The lowest BCUT2D eigenvalue weighted by Gasteiger charge is -2.10. The van der Waals surface area contributed by atoms with Crippen LogP contribution in [0.25, 0.3) is 0 Å². The summed E-state index contributed by atoms with van der Waals surface area (Å²) in [5.74, 6) is -1.09. The zero-order chi connectivity index (χ0) is 19.5. The second kappa shape index (κ2) is 7.83. The lowest BCUT2D eigenvalue weighted by atomic mass is 9.98. The third-order valence-corrected chi connectivity index (χ3v) is 4.92. The number of benzene rings is 2. The number of sulfone groups is 1. The van der Waals surface area contributed by atoms with Crippen LogP contribution in [0.2, 0.25) is 0 Å². The Morgan fingerprint density at radius 3 is 2.27 bits per heavy atom. The van der Waals surface area contributed by atoms with Gasteiger partial charge in [-0.15, -0.1) is 0 Å². The number of aryl methyl sites for hydroxylation is 3. The highest BCUT2D eigenvalue weighted by Crippen LogP contribution is 2.16. The van der Waals surface area contributed by atoms with Crippen LogP contribution in [0, 0.1) is 20.8 Å². The highest BCUT2D eigenvalue weighted by atomic mass is 32.2. The predicted molar refractivity (Wildman–Crippen MR) is 100 cm³/mol. The highest BCUT2D eigenvalue weighted by Gasteiger charge is 2.15. The van der Waals surface area contributed by atoms with Gasteiger partial charge in [0.2, 0.25) is 5.78 Å². The van der Waals surface area contributed by atoms with Gasteiger partial charge in [-0.1, -0.05) is 18.2 Å². The van der Waals surface area contributed by atoms with Crippen molar-refractivity contribution < 1.29 is 22.7 Å². The fraction of sp³-hybridized carbons (Fsp3) is 0.300. The van der Waals surface area contributed by atoms with Crippen molar-refractivity contribution in [2.45, 2.75) is 26.5 Å². The monoisotopic (exact) mass is 374 g/mol. The van der Waals surface area contributed by atoms with Crippen molar-refractivity contribution in [2.24, 2.45) is 0 Å². The molecule has 0 aliphatic heterocycles. The zero-order valence-corrected chi connectivity index (χ0v) is 16.1. The van der Waals surface area contributed by atoms with Gasteiger partial charge in [-0.2, -0.15) is 0 Å². The Morgan fingerprint density at radius 1 is 0.962 bits per heavy atom. The van der Waals surface area contributed by atoms with Gasteiger partial charge in [-0.05, 0) is 61.2 Å². The summed E-state index contributed by atoms with van der Waals surface area (Å²) in [5, 5.41) is 0. The van der Waals surface area contributed by atoms with E-state index >= 15 is 0 Å². The van der Waals surface area contributed by atoms with Gasteiger partial charge in [-0.3, -0.25) is 4.79 Å². The molecule has 0 aliphatic carbocycles. The van der Waals surface area contributed by atoms with E-state index in [2.05, 4.69) is 0 Å². The minimum Gasteiger partial charge on any atom is -0.454 e. The molecule has 0 radical (unpaired) electrons. The van der Waals surface area contributed by atoms with E-state index < -0.39 is 15.8 Å². The topological polar surface area (TPSA) is 77.5 Å². The van der Waals surface area contributed by atoms with Gasteiger partial charge in [0.25, 0.3) is 0 Å². The maximum Gasteiger partial charge on any atom is 0.338 e. The predicted octanol–water partition coefficient (Wildman–Crippen LogP) is 3.20. The van der Waals surface area contributed by atoms with Crippen LogP contribution < -0.4 is 0 Å². The molecule has 0 atom stereocenters. The van der Waals surface area contributed by atoms with Crippen LogP contribution >= 0.6 is 0 Å². The van der Waals surface area contributed by atoms with Crippen LogP contribution in [0.15, 0.2) is 36.4 Å². The Balaban J connectivity index is 2.08. The Bertz CT molecular complexity index is 958. The maximum absolute atomic E-state index is 12.4. The summed E-state index contributed by atoms with van der Waals surface area (Å²) in [6.07, 6.45) is 1.13. The number of Topliss-reactive ketones (excluding diaryl/α,β-unsaturated/α-hetero) is 1. The van der Waals surface area contributed by atoms with E-state index in [0.717, 1.165) is 22.9 Å². The van der Waals surface area contributed by atoms with Crippen molar-refractivity contribution in [2.75, 3.05) is 12.9 Å². The minimum absolute atomic E-state index is 0.158. The Hall–Kier alpha value is -2.47. The Morgan fingerprint density at radius 2 is 1.62 bits per heavy atom. The van der Waals surface area contributed by atoms with Crippen LogP contribution in [0.4, 0.5) is 0 Å². The van der Waals surface area contributed by atoms with Crippen molar-refractivity contribution in [3.8, 4) is 0 Å². The summed E-state index contributed by atoms with van der Waals surface area (Å²) >= 11 is 0. The van der Waals surface area contributed by atoms with Gasteiger partial charge >= 0.3 is 5.97 Å². The molecule has 0 amide bonds. The molecule has 0 unspecified atom stereocenters. The molecule has 0 saturated carbocycles.